The van der Waals surface area contributed by atoms with Crippen molar-refractivity contribution >= 4 is 44.4 Å². The van der Waals surface area contributed by atoms with Crippen LogP contribution in [0.5, 0.6) is 0 Å². The van der Waals surface area contributed by atoms with E-state index in [4.69, 9.17) is 23.8 Å². The number of aliphatic carboxylic acids is 1. The van der Waals surface area contributed by atoms with E-state index in [9.17, 15) is 28.5 Å². The molecule has 6 N–H and O–H groups in total. The third-order valence-electron chi connectivity index (χ3n) is 6.57. The van der Waals surface area contributed by atoms with Crippen molar-refractivity contribution < 1.29 is 56.7 Å². The Morgan fingerprint density at radius 3 is 2.56 bits per heavy atom. The fraction of sp³-hybridized carbons (Fsp3) is 0.458. The van der Waals surface area contributed by atoms with Crippen molar-refractivity contribution in [3.8, 4) is 0 Å². The van der Waals surface area contributed by atoms with Gasteiger partial charge in [-0.25, -0.2) is 28.6 Å². The van der Waals surface area contributed by atoms with Crippen molar-refractivity contribution in [2.75, 3.05) is 31.3 Å². The first-order valence-electron chi connectivity index (χ1n) is 13.6. The van der Waals surface area contributed by atoms with Gasteiger partial charge >= 0.3 is 27.4 Å². The van der Waals surface area contributed by atoms with Gasteiger partial charge in [0.25, 0.3) is 0 Å². The zero-order valence-corrected chi connectivity index (χ0v) is 25.5. The predicted octanol–water partition coefficient (Wildman–Crippen LogP) is 1.17. The number of carboxylic acids is 1. The minimum absolute atomic E-state index is 0.148. The molecule has 2 amide bonds. The lowest BCUT2D eigenvalue weighted by Crippen LogP contribution is -2.32. The largest absolute Gasteiger partial charge is 0.480 e. The zero-order valence-electron chi connectivity index (χ0n) is 23.7. The first-order valence-corrected chi connectivity index (χ1v) is 16.9. The van der Waals surface area contributed by atoms with Gasteiger partial charge in [-0.2, -0.15) is 0 Å². The molecule has 0 radical (unpaired) electrons. The minimum Gasteiger partial charge on any atom is -0.480 e. The van der Waals surface area contributed by atoms with Crippen LogP contribution in [0.3, 0.4) is 0 Å². The molecule has 21 heteroatoms. The second kappa shape index (κ2) is 14.0. The number of nitrogens with zero attached hydrogens (tertiary/aromatic N) is 4. The molecule has 2 aromatic heterocycles. The maximum atomic E-state index is 12.6. The van der Waals surface area contributed by atoms with Gasteiger partial charge in [-0.1, -0.05) is 30.3 Å². The number of rotatable bonds is 14. The number of hydrogen-bond acceptors (Lipinski definition) is 13. The van der Waals surface area contributed by atoms with Crippen LogP contribution < -0.4 is 16.0 Å². The number of anilines is 1. The van der Waals surface area contributed by atoms with Crippen LogP contribution in [0.15, 0.2) is 43.0 Å². The fourth-order valence-electron chi connectivity index (χ4n) is 4.79. The number of hydrogen-bond donors (Lipinski definition) is 6. The molecule has 19 nitrogen and oxygen atoms in total. The highest BCUT2D eigenvalue weighted by Crippen LogP contribution is 2.59. The average Bonchev–Trinajstić information content (AvgIpc) is 3.66. The van der Waals surface area contributed by atoms with E-state index in [1.807, 2.05) is 30.3 Å². The van der Waals surface area contributed by atoms with E-state index < -0.39 is 77.7 Å². The van der Waals surface area contributed by atoms with Crippen LogP contribution in [0.2, 0.25) is 0 Å². The second-order valence-electron chi connectivity index (χ2n) is 9.88. The lowest BCUT2D eigenvalue weighted by Gasteiger charge is -2.22. The molecule has 244 valence electrons. The summed E-state index contributed by atoms with van der Waals surface area (Å²) in [5, 5.41) is 16.0. The summed E-state index contributed by atoms with van der Waals surface area (Å²) in [5.41, 5.74) is 1.47. The van der Waals surface area contributed by atoms with Crippen molar-refractivity contribution in [3.05, 3.63) is 48.5 Å². The molecule has 7 atom stereocenters. The van der Waals surface area contributed by atoms with E-state index in [1.54, 1.807) is 6.92 Å². The number of carboxylic acid groups (broad SMARTS) is 1. The average molecular weight is 671 g/mol. The van der Waals surface area contributed by atoms with Crippen LogP contribution >= 0.6 is 15.4 Å². The number of phosphoric acid groups is 1. The molecule has 4 unspecified atom stereocenters. The van der Waals surface area contributed by atoms with E-state index in [-0.39, 0.29) is 17.0 Å². The number of nitrogens with one attached hydrogen (secondary N) is 3. The Kier molecular flexibility index (Phi) is 10.2. The van der Waals surface area contributed by atoms with Gasteiger partial charge in [0.05, 0.1) is 25.8 Å². The summed E-state index contributed by atoms with van der Waals surface area (Å²) in [4.78, 5) is 55.5. The molecule has 2 saturated heterocycles. The van der Waals surface area contributed by atoms with E-state index >= 15 is 0 Å². The summed E-state index contributed by atoms with van der Waals surface area (Å²) < 4.78 is 54.3. The van der Waals surface area contributed by atoms with Crippen LogP contribution in [0.1, 0.15) is 18.7 Å². The first-order chi connectivity index (χ1) is 21.4. The van der Waals surface area contributed by atoms with E-state index in [1.165, 1.54) is 17.2 Å². The molecule has 2 aliphatic heterocycles. The van der Waals surface area contributed by atoms with Gasteiger partial charge in [-0.3, -0.25) is 29.1 Å². The molecule has 0 aliphatic carbocycles. The minimum atomic E-state index is -5.14. The number of amides is 2. The van der Waals surface area contributed by atoms with Crippen molar-refractivity contribution in [1.82, 2.24) is 30.2 Å². The van der Waals surface area contributed by atoms with Crippen LogP contribution in [-0.2, 0) is 43.4 Å². The van der Waals surface area contributed by atoms with Gasteiger partial charge in [-0.05, 0) is 12.5 Å². The number of aromatic nitrogens is 4. The Morgan fingerprint density at radius 1 is 1.07 bits per heavy atom. The summed E-state index contributed by atoms with van der Waals surface area (Å²) in [6, 6.07) is 8.92. The molecule has 0 bridgehead atoms. The molecule has 0 saturated carbocycles. The van der Waals surface area contributed by atoms with Crippen molar-refractivity contribution in [1.29, 1.82) is 0 Å². The molecule has 45 heavy (non-hydrogen) atoms. The third-order valence-corrected chi connectivity index (χ3v) is 9.52. The number of carbonyl (C=O) groups is 2. The van der Waals surface area contributed by atoms with Crippen LogP contribution in [0, 0.1) is 0 Å². The maximum Gasteiger partial charge on any atom is 0.479 e. The van der Waals surface area contributed by atoms with Crippen molar-refractivity contribution in [3.63, 3.8) is 0 Å². The van der Waals surface area contributed by atoms with Crippen molar-refractivity contribution in [2.24, 2.45) is 0 Å². The van der Waals surface area contributed by atoms with Gasteiger partial charge in [-0.15, -0.1) is 0 Å². The van der Waals surface area contributed by atoms with Gasteiger partial charge in [0.15, 0.2) is 29.5 Å². The standard InChI is InChI=1S/C24H31N7O12P2/c1-2-26-24(34)30-21-18-22(28-11-27-21)31(12-29-18)23-20-19(41-17(42-20)8-14-6-4-3-5-7-14)15(40-23)10-39-45(37,38)43-44(35,36)13-25-9-16(32)33/h3-7,11-12,15,17,19-20,23,25H,2,8-10,13H2,1H3,(H,32,33)(H,35,36)(H,37,38)(H2,26,27,28,30,34)/t15-,17?,19?,20+,23-/m1/s1. The number of ether oxygens (including phenoxy) is 3. The van der Waals surface area contributed by atoms with Gasteiger partial charge in [0.2, 0.25) is 0 Å². The van der Waals surface area contributed by atoms with E-state index in [0.29, 0.717) is 13.0 Å². The smallest absolute Gasteiger partial charge is 0.479 e. The van der Waals surface area contributed by atoms with E-state index in [0.717, 1.165) is 5.56 Å². The monoisotopic (exact) mass is 671 g/mol. The topological polar surface area (TPSA) is 255 Å². The van der Waals surface area contributed by atoms with Gasteiger partial charge in [0.1, 0.15) is 24.6 Å². The summed E-state index contributed by atoms with van der Waals surface area (Å²) in [6.45, 7) is 0.850. The number of imidazole rings is 1. The Morgan fingerprint density at radius 2 is 1.82 bits per heavy atom. The lowest BCUT2D eigenvalue weighted by molar-refractivity contribution is -0.149. The molecule has 2 fully saturated rings. The summed E-state index contributed by atoms with van der Waals surface area (Å²) in [5.74, 6) is -1.16. The van der Waals surface area contributed by atoms with Crippen LogP contribution in [0.4, 0.5) is 10.6 Å². The summed E-state index contributed by atoms with van der Waals surface area (Å²) in [6.07, 6.45) is -2.23. The molecule has 4 heterocycles. The van der Waals surface area contributed by atoms with Gasteiger partial charge < -0.3 is 34.4 Å². The number of phosphoric ester groups is 1. The van der Waals surface area contributed by atoms with Crippen LogP contribution in [0.25, 0.3) is 11.2 Å². The van der Waals surface area contributed by atoms with Crippen LogP contribution in [-0.4, -0.2) is 97.0 Å². The highest BCUT2D eigenvalue weighted by Gasteiger charge is 2.54. The Bertz CT molecular complexity index is 1610. The Labute approximate surface area is 255 Å². The number of benzene rings is 1. The lowest BCUT2D eigenvalue weighted by atomic mass is 10.1. The predicted molar refractivity (Wildman–Crippen MR) is 153 cm³/mol. The Balaban J connectivity index is 1.34. The quantitative estimate of drug-likeness (QED) is 0.132. The molecule has 3 aromatic rings. The van der Waals surface area contributed by atoms with Gasteiger partial charge in [0, 0.05) is 13.0 Å². The number of urea groups is 1. The molecular formula is C24H31N7O12P2. The van der Waals surface area contributed by atoms with E-state index in [2.05, 4.69) is 35.2 Å². The SMILES string of the molecule is CCNC(=O)Nc1ncnc2c1ncn2[C@@H]1O[C@H](COP(=O)(O)OP(=O)(O)CNCC(=O)O)C2OC(Cc3ccccc3)O[C@@H]21. The zero-order chi connectivity index (χ0) is 32.2. The highest BCUT2D eigenvalue weighted by molar-refractivity contribution is 7.63. The first kappa shape index (κ1) is 33.0. The maximum absolute atomic E-state index is 12.6. The fourth-order valence-corrected chi connectivity index (χ4v) is 7.23. The highest BCUT2D eigenvalue weighted by atomic mass is 31.3. The molecule has 2 aliphatic rings. The molecule has 5 rings (SSSR count). The Hall–Kier alpha value is -3.35. The molecule has 1 aromatic carbocycles. The summed E-state index contributed by atoms with van der Waals surface area (Å²) in [7, 11) is -9.92. The number of fused-ring (bicyclic) bond motifs is 2. The van der Waals surface area contributed by atoms with Crippen molar-refractivity contribution in [2.45, 2.75) is 44.2 Å². The third kappa shape index (κ3) is 8.28. The molecular weight excluding hydrogens is 640 g/mol. The summed E-state index contributed by atoms with van der Waals surface area (Å²) >= 11 is 0. The normalized spacial score (nSPS) is 25.4. The number of carbonyl (C=O) groups excluding carboxylic acids is 1. The second-order valence-corrected chi connectivity index (χ2v) is 13.3. The molecule has 0 spiro atoms.